The molecule has 0 spiro atoms. The number of alkyl halides is 3. The Morgan fingerprint density at radius 3 is 2.70 bits per heavy atom. The number of esters is 1. The summed E-state index contributed by atoms with van der Waals surface area (Å²) in [5.41, 5.74) is 2.18. The first-order valence-electron chi connectivity index (χ1n) is 6.31. The molecule has 0 saturated carbocycles. The maximum Gasteiger partial charge on any atom is 0.401 e. The summed E-state index contributed by atoms with van der Waals surface area (Å²) in [4.78, 5) is 12.9. The first kappa shape index (κ1) is 14.8. The number of fused-ring (bicyclic) bond motifs is 1. The molecule has 0 aliphatic carbocycles. The molecule has 1 aromatic carbocycles. The zero-order chi connectivity index (χ0) is 14.9. The second-order valence-electron chi connectivity index (χ2n) is 5.05. The highest BCUT2D eigenvalue weighted by molar-refractivity contribution is 5.89. The molecule has 6 heteroatoms. The van der Waals surface area contributed by atoms with Gasteiger partial charge >= 0.3 is 12.1 Å². The molecule has 0 aromatic heterocycles. The number of methoxy groups -OCH3 is 1. The van der Waals surface area contributed by atoms with E-state index < -0.39 is 18.7 Å². The van der Waals surface area contributed by atoms with E-state index in [9.17, 15) is 18.0 Å². The topological polar surface area (TPSA) is 29.5 Å². The van der Waals surface area contributed by atoms with E-state index in [2.05, 4.69) is 4.74 Å². The minimum atomic E-state index is -4.20. The number of carbonyl (C=O) groups excluding carboxylic acids is 1. The van der Waals surface area contributed by atoms with Crippen molar-refractivity contribution in [2.75, 3.05) is 13.7 Å². The molecule has 1 atom stereocenters. The van der Waals surface area contributed by atoms with Gasteiger partial charge in [-0.25, -0.2) is 4.79 Å². The molecule has 1 aromatic rings. The van der Waals surface area contributed by atoms with Crippen LogP contribution in [0.1, 0.15) is 28.4 Å². The highest BCUT2D eigenvalue weighted by atomic mass is 19.4. The van der Waals surface area contributed by atoms with Crippen molar-refractivity contribution in [3.63, 3.8) is 0 Å². The van der Waals surface area contributed by atoms with Crippen molar-refractivity contribution in [3.05, 3.63) is 34.9 Å². The molecule has 0 fully saturated rings. The fraction of sp³-hybridized carbons (Fsp3) is 0.500. The van der Waals surface area contributed by atoms with Gasteiger partial charge in [-0.3, -0.25) is 4.90 Å². The number of halogens is 3. The van der Waals surface area contributed by atoms with E-state index in [4.69, 9.17) is 0 Å². The molecule has 0 bridgehead atoms. The van der Waals surface area contributed by atoms with Crippen molar-refractivity contribution < 1.29 is 22.7 Å². The molecule has 2 rings (SSSR count). The van der Waals surface area contributed by atoms with Crippen LogP contribution in [0.15, 0.2) is 18.2 Å². The maximum absolute atomic E-state index is 12.5. The predicted molar refractivity (Wildman–Crippen MR) is 67.4 cm³/mol. The van der Waals surface area contributed by atoms with Gasteiger partial charge in [0.05, 0.1) is 19.2 Å². The zero-order valence-electron chi connectivity index (χ0n) is 11.3. The van der Waals surface area contributed by atoms with Crippen LogP contribution < -0.4 is 0 Å². The van der Waals surface area contributed by atoms with E-state index in [1.54, 1.807) is 25.1 Å². The van der Waals surface area contributed by atoms with Crippen molar-refractivity contribution >= 4 is 5.97 Å². The molecular weight excluding hydrogens is 271 g/mol. The fourth-order valence-electron chi connectivity index (χ4n) is 2.48. The van der Waals surface area contributed by atoms with Crippen molar-refractivity contribution in [2.24, 2.45) is 0 Å². The molecule has 1 aliphatic heterocycles. The quantitative estimate of drug-likeness (QED) is 0.783. The summed E-state index contributed by atoms with van der Waals surface area (Å²) in [5, 5.41) is 0. The van der Waals surface area contributed by atoms with E-state index in [-0.39, 0.29) is 12.6 Å². The van der Waals surface area contributed by atoms with E-state index in [0.717, 1.165) is 11.1 Å². The van der Waals surface area contributed by atoms with E-state index in [1.807, 2.05) is 0 Å². The third kappa shape index (κ3) is 3.30. The zero-order valence-corrected chi connectivity index (χ0v) is 11.3. The first-order valence-corrected chi connectivity index (χ1v) is 6.31. The van der Waals surface area contributed by atoms with Crippen LogP contribution in [0.25, 0.3) is 0 Å². The number of nitrogens with zero attached hydrogens (tertiary/aromatic N) is 1. The lowest BCUT2D eigenvalue weighted by Gasteiger charge is -2.35. The third-order valence-electron chi connectivity index (χ3n) is 3.52. The second kappa shape index (κ2) is 5.44. The van der Waals surface area contributed by atoms with Gasteiger partial charge in [-0.2, -0.15) is 13.2 Å². The van der Waals surface area contributed by atoms with Gasteiger partial charge in [0.15, 0.2) is 0 Å². The lowest BCUT2D eigenvalue weighted by Crippen LogP contribution is -2.43. The van der Waals surface area contributed by atoms with E-state index in [0.29, 0.717) is 12.0 Å². The number of carbonyl (C=O) groups is 1. The van der Waals surface area contributed by atoms with Crippen molar-refractivity contribution in [3.8, 4) is 0 Å². The monoisotopic (exact) mass is 287 g/mol. The van der Waals surface area contributed by atoms with Gasteiger partial charge in [-0.05, 0) is 36.6 Å². The maximum atomic E-state index is 12.5. The fourth-order valence-corrected chi connectivity index (χ4v) is 2.48. The van der Waals surface area contributed by atoms with Gasteiger partial charge in [0.25, 0.3) is 0 Å². The molecule has 20 heavy (non-hydrogen) atoms. The molecule has 0 N–H and O–H groups in total. The van der Waals surface area contributed by atoms with Crippen LogP contribution in [0.3, 0.4) is 0 Å². The van der Waals surface area contributed by atoms with Gasteiger partial charge in [0, 0.05) is 12.6 Å². The second-order valence-corrected chi connectivity index (χ2v) is 5.05. The smallest absolute Gasteiger partial charge is 0.401 e. The van der Waals surface area contributed by atoms with Crippen LogP contribution in [0.4, 0.5) is 13.2 Å². The summed E-state index contributed by atoms with van der Waals surface area (Å²) >= 11 is 0. The van der Waals surface area contributed by atoms with Gasteiger partial charge < -0.3 is 4.74 Å². The van der Waals surface area contributed by atoms with Gasteiger partial charge in [0.2, 0.25) is 0 Å². The molecule has 1 heterocycles. The largest absolute Gasteiger partial charge is 0.465 e. The van der Waals surface area contributed by atoms with Crippen molar-refractivity contribution in [2.45, 2.75) is 32.1 Å². The summed E-state index contributed by atoms with van der Waals surface area (Å²) < 4.78 is 42.2. The predicted octanol–water partition coefficient (Wildman–Crippen LogP) is 2.78. The van der Waals surface area contributed by atoms with Crippen molar-refractivity contribution in [1.29, 1.82) is 0 Å². The average Bonchev–Trinajstić information content (AvgIpc) is 2.36. The van der Waals surface area contributed by atoms with Crippen LogP contribution in [0.2, 0.25) is 0 Å². The standard InChI is InChI=1S/C14H16F3NO2/c1-9-5-12-6-10(13(19)20-2)3-4-11(12)7-18(9)8-14(15,16)17/h3-4,6,9H,5,7-8H2,1-2H3/t9-/m1/s1. The first-order chi connectivity index (χ1) is 9.30. The third-order valence-corrected chi connectivity index (χ3v) is 3.52. The number of ether oxygens (including phenoxy) is 1. The average molecular weight is 287 g/mol. The molecule has 1 aliphatic rings. The van der Waals surface area contributed by atoms with Gasteiger partial charge in [-0.1, -0.05) is 6.07 Å². The van der Waals surface area contributed by atoms with Crippen LogP contribution in [0, 0.1) is 0 Å². The number of benzene rings is 1. The molecule has 3 nitrogen and oxygen atoms in total. The Morgan fingerprint density at radius 1 is 1.40 bits per heavy atom. The summed E-state index contributed by atoms with van der Waals surface area (Å²) in [5.74, 6) is -0.432. The van der Waals surface area contributed by atoms with Crippen LogP contribution >= 0.6 is 0 Å². The Hall–Kier alpha value is -1.56. The molecule has 0 amide bonds. The Bertz CT molecular complexity index is 514. The van der Waals surface area contributed by atoms with Crippen LogP contribution in [0.5, 0.6) is 0 Å². The van der Waals surface area contributed by atoms with Crippen LogP contribution in [-0.2, 0) is 17.7 Å². The minimum Gasteiger partial charge on any atom is -0.465 e. The summed E-state index contributed by atoms with van der Waals surface area (Å²) in [6.45, 7) is 1.10. The Balaban J connectivity index is 2.21. The molecule has 0 radical (unpaired) electrons. The summed E-state index contributed by atoms with van der Waals surface area (Å²) in [6.07, 6.45) is -3.70. The normalized spacial score (nSPS) is 19.6. The van der Waals surface area contributed by atoms with Gasteiger partial charge in [0.1, 0.15) is 0 Å². The van der Waals surface area contributed by atoms with Crippen molar-refractivity contribution in [1.82, 2.24) is 4.90 Å². The Labute approximate surface area is 115 Å². The summed E-state index contributed by atoms with van der Waals surface area (Å²) in [6, 6.07) is 4.79. The number of rotatable bonds is 2. The molecular formula is C14H16F3NO2. The lowest BCUT2D eigenvalue weighted by molar-refractivity contribution is -0.152. The lowest BCUT2D eigenvalue weighted by atomic mass is 9.93. The summed E-state index contributed by atoms with van der Waals surface area (Å²) in [7, 11) is 1.30. The van der Waals surface area contributed by atoms with Gasteiger partial charge in [-0.15, -0.1) is 0 Å². The van der Waals surface area contributed by atoms with E-state index in [1.165, 1.54) is 12.0 Å². The van der Waals surface area contributed by atoms with E-state index >= 15 is 0 Å². The molecule has 0 saturated heterocycles. The number of hydrogen-bond acceptors (Lipinski definition) is 3. The Morgan fingerprint density at radius 2 is 2.10 bits per heavy atom. The molecule has 0 unspecified atom stereocenters. The highest BCUT2D eigenvalue weighted by Crippen LogP contribution is 2.27. The number of hydrogen-bond donors (Lipinski definition) is 0. The minimum absolute atomic E-state index is 0.211. The Kier molecular flexibility index (Phi) is 4.04. The highest BCUT2D eigenvalue weighted by Gasteiger charge is 2.34. The molecule has 110 valence electrons. The van der Waals surface area contributed by atoms with Crippen LogP contribution in [-0.4, -0.2) is 36.7 Å². The SMILES string of the molecule is COC(=O)c1ccc2c(c1)C[C@@H](C)N(CC(F)(F)F)C2.